The van der Waals surface area contributed by atoms with E-state index in [4.69, 9.17) is 9.72 Å². The molecule has 2 heterocycles. The maximum absolute atomic E-state index is 12.8. The fourth-order valence-electron chi connectivity index (χ4n) is 3.93. The highest BCUT2D eigenvalue weighted by molar-refractivity contribution is 7.18. The normalized spacial score (nSPS) is 18.6. The first-order valence-electron chi connectivity index (χ1n) is 10.4. The molecule has 0 saturated heterocycles. The quantitative estimate of drug-likeness (QED) is 0.740. The number of rotatable bonds is 7. The Bertz CT molecular complexity index is 895. The highest BCUT2D eigenvalue weighted by Crippen LogP contribution is 2.34. The predicted octanol–water partition coefficient (Wildman–Crippen LogP) is 3.00. The fourth-order valence-corrected chi connectivity index (χ4v) is 5.21. The zero-order valence-corrected chi connectivity index (χ0v) is 17.9. The number of nitrogens with one attached hydrogen (secondary N) is 1. The summed E-state index contributed by atoms with van der Waals surface area (Å²) in [6.45, 7) is 7.37. The van der Waals surface area contributed by atoms with Crippen molar-refractivity contribution in [2.45, 2.75) is 83.6 Å². The number of hydrogen-bond donors (Lipinski definition) is 2. The molecular weight excluding hydrogens is 374 g/mol. The lowest BCUT2D eigenvalue weighted by atomic mass is 9.97. The number of nitrogens with zero attached hydrogens (tertiary/aromatic N) is 2. The van der Waals surface area contributed by atoms with E-state index in [1.807, 2.05) is 20.8 Å². The van der Waals surface area contributed by atoms with Crippen LogP contribution in [0.25, 0.3) is 10.2 Å². The lowest BCUT2D eigenvalue weighted by Gasteiger charge is -2.27. The number of fused-ring (bicyclic) bond motifs is 3. The third-order valence-electron chi connectivity index (χ3n) is 5.44. The van der Waals surface area contributed by atoms with Crippen molar-refractivity contribution in [1.82, 2.24) is 14.9 Å². The standard InChI is InChI=1S/C21H31N3O3S/c1-21(2,3)27-12-14(25)10-24(13-8-9-13)11-17-22-19(26)18-15-6-4-5-7-16(15)28-20(18)23-17/h13-14,25H,4-12H2,1-3H3,(H,22,23,26)/t14-/m0/s1. The molecular formula is C21H31N3O3S. The Kier molecular flexibility index (Phi) is 5.62. The molecule has 0 spiro atoms. The number of aryl methyl sites for hydroxylation is 2. The third kappa shape index (κ3) is 4.64. The molecule has 28 heavy (non-hydrogen) atoms. The summed E-state index contributed by atoms with van der Waals surface area (Å²) >= 11 is 1.68. The lowest BCUT2D eigenvalue weighted by Crippen LogP contribution is -2.38. The van der Waals surface area contributed by atoms with E-state index in [-0.39, 0.29) is 11.2 Å². The van der Waals surface area contributed by atoms with E-state index in [0.29, 0.717) is 31.6 Å². The molecule has 0 aliphatic heterocycles. The molecule has 2 aliphatic rings. The van der Waals surface area contributed by atoms with Crippen LogP contribution in [0.2, 0.25) is 0 Å². The van der Waals surface area contributed by atoms with E-state index < -0.39 is 6.10 Å². The van der Waals surface area contributed by atoms with E-state index in [0.717, 1.165) is 42.3 Å². The summed E-state index contributed by atoms with van der Waals surface area (Å²) in [5.41, 5.74) is 0.953. The van der Waals surface area contributed by atoms with E-state index in [1.165, 1.54) is 16.9 Å². The number of ether oxygens (including phenoxy) is 1. The second-order valence-corrected chi connectivity index (χ2v) is 10.2. The van der Waals surface area contributed by atoms with E-state index >= 15 is 0 Å². The summed E-state index contributed by atoms with van der Waals surface area (Å²) in [7, 11) is 0. The Morgan fingerprint density at radius 3 is 2.79 bits per heavy atom. The molecule has 0 aromatic carbocycles. The summed E-state index contributed by atoms with van der Waals surface area (Å²) in [4.78, 5) is 25.0. The Hall–Kier alpha value is -1.28. The first kappa shape index (κ1) is 20.0. The molecule has 2 aromatic heterocycles. The second-order valence-electron chi connectivity index (χ2n) is 9.14. The van der Waals surface area contributed by atoms with Gasteiger partial charge in [-0.3, -0.25) is 9.69 Å². The van der Waals surface area contributed by atoms with Crippen molar-refractivity contribution < 1.29 is 9.84 Å². The van der Waals surface area contributed by atoms with Crippen LogP contribution in [0, 0.1) is 0 Å². The van der Waals surface area contributed by atoms with Gasteiger partial charge >= 0.3 is 0 Å². The molecule has 0 unspecified atom stereocenters. The minimum Gasteiger partial charge on any atom is -0.389 e. The number of hydrogen-bond acceptors (Lipinski definition) is 6. The van der Waals surface area contributed by atoms with Gasteiger partial charge in [0.2, 0.25) is 0 Å². The highest BCUT2D eigenvalue weighted by Gasteiger charge is 2.31. The molecule has 1 fully saturated rings. The molecule has 2 aliphatic carbocycles. The fraction of sp³-hybridized carbons (Fsp3) is 0.714. The van der Waals surface area contributed by atoms with Gasteiger partial charge in [0.25, 0.3) is 5.56 Å². The molecule has 6 nitrogen and oxygen atoms in total. The van der Waals surface area contributed by atoms with Crippen molar-refractivity contribution in [3.8, 4) is 0 Å². The molecule has 2 N–H and O–H groups in total. The van der Waals surface area contributed by atoms with Crippen molar-refractivity contribution in [3.63, 3.8) is 0 Å². The second kappa shape index (κ2) is 7.86. The molecule has 1 atom stereocenters. The molecule has 0 bridgehead atoms. The topological polar surface area (TPSA) is 78.5 Å². The molecule has 2 aromatic rings. The minimum atomic E-state index is -0.552. The van der Waals surface area contributed by atoms with Crippen LogP contribution >= 0.6 is 11.3 Å². The zero-order chi connectivity index (χ0) is 19.9. The first-order chi connectivity index (χ1) is 13.3. The van der Waals surface area contributed by atoms with Gasteiger partial charge in [-0.2, -0.15) is 0 Å². The largest absolute Gasteiger partial charge is 0.389 e. The monoisotopic (exact) mass is 405 g/mol. The number of H-pyrrole nitrogens is 1. The summed E-state index contributed by atoms with van der Waals surface area (Å²) in [5, 5.41) is 11.2. The van der Waals surface area contributed by atoms with Gasteiger partial charge in [-0.1, -0.05) is 0 Å². The minimum absolute atomic E-state index is 0.00763. The third-order valence-corrected chi connectivity index (χ3v) is 6.63. The van der Waals surface area contributed by atoms with Gasteiger partial charge in [-0.15, -0.1) is 11.3 Å². The van der Waals surface area contributed by atoms with Gasteiger partial charge in [-0.05, 0) is 64.9 Å². The Morgan fingerprint density at radius 1 is 1.32 bits per heavy atom. The highest BCUT2D eigenvalue weighted by atomic mass is 32.1. The molecule has 4 rings (SSSR count). The average Bonchev–Trinajstić information content (AvgIpc) is 3.39. The van der Waals surface area contributed by atoms with Crippen LogP contribution in [0.3, 0.4) is 0 Å². The number of aliphatic hydroxyl groups is 1. The molecule has 0 radical (unpaired) electrons. The molecule has 0 amide bonds. The summed E-state index contributed by atoms with van der Waals surface area (Å²) in [6, 6.07) is 0.460. The Labute approximate surface area is 169 Å². The number of aromatic nitrogens is 2. The average molecular weight is 406 g/mol. The van der Waals surface area contributed by atoms with Crippen LogP contribution in [-0.2, 0) is 24.1 Å². The van der Waals surface area contributed by atoms with Gasteiger partial charge in [0.15, 0.2) is 0 Å². The van der Waals surface area contributed by atoms with Gasteiger partial charge in [0, 0.05) is 17.5 Å². The molecule has 154 valence electrons. The van der Waals surface area contributed by atoms with Crippen molar-refractivity contribution in [1.29, 1.82) is 0 Å². The van der Waals surface area contributed by atoms with Crippen LogP contribution in [0.4, 0.5) is 0 Å². The molecule has 7 heteroatoms. The number of thiophene rings is 1. The Morgan fingerprint density at radius 2 is 2.07 bits per heavy atom. The maximum Gasteiger partial charge on any atom is 0.259 e. The van der Waals surface area contributed by atoms with Crippen LogP contribution in [0.15, 0.2) is 4.79 Å². The van der Waals surface area contributed by atoms with Gasteiger partial charge in [0.1, 0.15) is 10.7 Å². The van der Waals surface area contributed by atoms with Crippen molar-refractivity contribution in [2.24, 2.45) is 0 Å². The van der Waals surface area contributed by atoms with Crippen LogP contribution in [-0.4, -0.2) is 50.9 Å². The van der Waals surface area contributed by atoms with Crippen molar-refractivity contribution in [2.75, 3.05) is 13.2 Å². The number of aliphatic hydroxyl groups excluding tert-OH is 1. The van der Waals surface area contributed by atoms with Gasteiger partial charge in [-0.25, -0.2) is 4.98 Å². The maximum atomic E-state index is 12.8. The first-order valence-corrected chi connectivity index (χ1v) is 11.2. The number of aromatic amines is 1. The van der Waals surface area contributed by atoms with Crippen LogP contribution in [0.1, 0.15) is 62.7 Å². The van der Waals surface area contributed by atoms with Gasteiger partial charge in [0.05, 0.1) is 30.2 Å². The van der Waals surface area contributed by atoms with Crippen LogP contribution in [0.5, 0.6) is 0 Å². The Balaban J connectivity index is 1.50. The zero-order valence-electron chi connectivity index (χ0n) is 17.1. The lowest BCUT2D eigenvalue weighted by molar-refractivity contribution is -0.0574. The van der Waals surface area contributed by atoms with Crippen molar-refractivity contribution >= 4 is 21.6 Å². The smallest absolute Gasteiger partial charge is 0.259 e. The predicted molar refractivity (Wildman–Crippen MR) is 112 cm³/mol. The SMILES string of the molecule is CC(C)(C)OC[C@@H](O)CN(Cc1nc2sc3c(c2c(=O)[nH]1)CCCC3)C1CC1. The van der Waals surface area contributed by atoms with Crippen LogP contribution < -0.4 is 5.56 Å². The van der Waals surface area contributed by atoms with E-state index in [9.17, 15) is 9.90 Å². The summed E-state index contributed by atoms with van der Waals surface area (Å²) in [5.74, 6) is 0.701. The van der Waals surface area contributed by atoms with E-state index in [1.54, 1.807) is 11.3 Å². The van der Waals surface area contributed by atoms with E-state index in [2.05, 4.69) is 9.88 Å². The summed E-state index contributed by atoms with van der Waals surface area (Å²) in [6.07, 6.45) is 6.13. The molecule has 1 saturated carbocycles. The van der Waals surface area contributed by atoms with Crippen molar-refractivity contribution in [3.05, 3.63) is 26.6 Å². The van der Waals surface area contributed by atoms with Gasteiger partial charge < -0.3 is 14.8 Å². The summed E-state index contributed by atoms with van der Waals surface area (Å²) < 4.78 is 5.72.